The summed E-state index contributed by atoms with van der Waals surface area (Å²) in [6, 6.07) is 22.4. The van der Waals surface area contributed by atoms with Crippen LogP contribution < -0.4 is 14.8 Å². The first-order chi connectivity index (χ1) is 23.1. The summed E-state index contributed by atoms with van der Waals surface area (Å²) in [6.45, 7) is 3.31. The fourth-order valence-electron chi connectivity index (χ4n) is 5.67. The van der Waals surface area contributed by atoms with Crippen molar-refractivity contribution in [3.05, 3.63) is 89.5 Å². The average molecular weight is 644 g/mol. The van der Waals surface area contributed by atoms with E-state index in [-0.39, 0.29) is 17.9 Å². The van der Waals surface area contributed by atoms with Gasteiger partial charge in [-0.3, -0.25) is 4.79 Å². The Bertz CT molecular complexity index is 1270. The van der Waals surface area contributed by atoms with Crippen molar-refractivity contribution in [2.45, 2.75) is 123 Å². The standard InChI is InChI=1S/C41H57NO5/c1-3-4-5-6-7-8-9-10-11-12-13-14-15-16-17-21-30-46-37-27-24-34(25-28-37)31-40(43)42-36-26-29-39(38(32-36)41(44)45-2)47-33-35-22-19-18-20-23-35/h18-20,22-29,32H,3-17,21,30-31,33H2,1-2H3,(H,42,43). The van der Waals surface area contributed by atoms with Gasteiger partial charge in [0.05, 0.1) is 20.1 Å². The summed E-state index contributed by atoms with van der Waals surface area (Å²) < 4.78 is 16.7. The van der Waals surface area contributed by atoms with Crippen LogP contribution in [0.25, 0.3) is 0 Å². The molecule has 6 nitrogen and oxygen atoms in total. The molecule has 0 bridgehead atoms. The number of carbonyl (C=O) groups excluding carboxylic acids is 2. The van der Waals surface area contributed by atoms with Crippen molar-refractivity contribution >= 4 is 17.6 Å². The third kappa shape index (κ3) is 16.0. The molecule has 0 aliphatic heterocycles. The van der Waals surface area contributed by atoms with Crippen LogP contribution in [0, 0.1) is 0 Å². The molecule has 0 atom stereocenters. The fraction of sp³-hybridized carbons (Fsp3) is 0.512. The molecule has 0 aromatic heterocycles. The van der Waals surface area contributed by atoms with Gasteiger partial charge in [0.25, 0.3) is 0 Å². The zero-order valence-corrected chi connectivity index (χ0v) is 28.9. The highest BCUT2D eigenvalue weighted by Gasteiger charge is 2.16. The van der Waals surface area contributed by atoms with Gasteiger partial charge in [0.15, 0.2) is 0 Å². The Labute approximate surface area is 283 Å². The molecule has 0 fully saturated rings. The maximum absolute atomic E-state index is 12.8. The van der Waals surface area contributed by atoms with Gasteiger partial charge in [-0.1, -0.05) is 146 Å². The van der Waals surface area contributed by atoms with Crippen molar-refractivity contribution in [1.82, 2.24) is 0 Å². The first-order valence-electron chi connectivity index (χ1n) is 18.0. The summed E-state index contributed by atoms with van der Waals surface area (Å²) in [6.07, 6.45) is 21.9. The fourth-order valence-corrected chi connectivity index (χ4v) is 5.67. The van der Waals surface area contributed by atoms with Crippen LogP contribution in [0.4, 0.5) is 5.69 Å². The Morgan fingerprint density at radius 1 is 0.617 bits per heavy atom. The van der Waals surface area contributed by atoms with Crippen LogP contribution in [-0.2, 0) is 22.6 Å². The summed E-state index contributed by atoms with van der Waals surface area (Å²) in [5, 5.41) is 2.88. The zero-order valence-electron chi connectivity index (χ0n) is 28.9. The Hall–Kier alpha value is -3.80. The number of anilines is 1. The molecule has 0 aliphatic rings. The molecule has 256 valence electrons. The van der Waals surface area contributed by atoms with E-state index in [1.165, 1.54) is 103 Å². The SMILES string of the molecule is CCCCCCCCCCCCCCCCCCOc1ccc(CC(=O)Nc2ccc(OCc3ccccc3)c(C(=O)OC)c2)cc1. The molecule has 0 radical (unpaired) electrons. The average Bonchev–Trinajstić information content (AvgIpc) is 3.09. The molecular weight excluding hydrogens is 586 g/mol. The normalized spacial score (nSPS) is 10.9. The third-order valence-corrected chi connectivity index (χ3v) is 8.46. The third-order valence-electron chi connectivity index (χ3n) is 8.46. The van der Waals surface area contributed by atoms with Crippen LogP contribution in [0.2, 0.25) is 0 Å². The van der Waals surface area contributed by atoms with E-state index in [4.69, 9.17) is 14.2 Å². The Balaban J connectivity index is 1.26. The summed E-state index contributed by atoms with van der Waals surface area (Å²) in [7, 11) is 1.32. The van der Waals surface area contributed by atoms with Crippen LogP contribution in [-0.4, -0.2) is 25.6 Å². The molecule has 6 heteroatoms. The Morgan fingerprint density at radius 3 is 1.77 bits per heavy atom. The van der Waals surface area contributed by atoms with Gasteiger partial charge in [-0.2, -0.15) is 0 Å². The molecule has 3 rings (SSSR count). The molecule has 0 saturated carbocycles. The predicted molar refractivity (Wildman–Crippen MR) is 192 cm³/mol. The van der Waals surface area contributed by atoms with E-state index in [9.17, 15) is 9.59 Å². The van der Waals surface area contributed by atoms with E-state index in [1.807, 2.05) is 54.6 Å². The maximum atomic E-state index is 12.8. The maximum Gasteiger partial charge on any atom is 0.341 e. The van der Waals surface area contributed by atoms with Crippen LogP contribution >= 0.6 is 0 Å². The Morgan fingerprint density at radius 2 is 1.19 bits per heavy atom. The van der Waals surface area contributed by atoms with E-state index >= 15 is 0 Å². The Kier molecular flexibility index (Phi) is 18.8. The highest BCUT2D eigenvalue weighted by atomic mass is 16.5. The number of unbranched alkanes of at least 4 members (excludes halogenated alkanes) is 15. The van der Waals surface area contributed by atoms with E-state index < -0.39 is 5.97 Å². The number of carbonyl (C=O) groups is 2. The largest absolute Gasteiger partial charge is 0.494 e. The molecule has 1 amide bonds. The highest BCUT2D eigenvalue weighted by Crippen LogP contribution is 2.25. The van der Waals surface area contributed by atoms with Gasteiger partial charge in [-0.25, -0.2) is 4.79 Å². The van der Waals surface area contributed by atoms with Crippen molar-refractivity contribution in [2.75, 3.05) is 19.0 Å². The second-order valence-electron chi connectivity index (χ2n) is 12.5. The number of esters is 1. The molecule has 47 heavy (non-hydrogen) atoms. The zero-order chi connectivity index (χ0) is 33.4. The van der Waals surface area contributed by atoms with Crippen molar-refractivity contribution in [3.63, 3.8) is 0 Å². The topological polar surface area (TPSA) is 73.9 Å². The number of methoxy groups -OCH3 is 1. The lowest BCUT2D eigenvalue weighted by atomic mass is 10.0. The molecule has 0 saturated heterocycles. The number of nitrogens with one attached hydrogen (secondary N) is 1. The quantitative estimate of drug-likeness (QED) is 0.0734. The first-order valence-corrected chi connectivity index (χ1v) is 18.0. The lowest BCUT2D eigenvalue weighted by Gasteiger charge is -2.13. The van der Waals surface area contributed by atoms with Crippen molar-refractivity contribution < 1.29 is 23.8 Å². The summed E-state index contributed by atoms with van der Waals surface area (Å²) in [5.41, 5.74) is 2.62. The van der Waals surface area contributed by atoms with E-state index in [2.05, 4.69) is 12.2 Å². The lowest BCUT2D eigenvalue weighted by Crippen LogP contribution is -2.15. The number of hydrogen-bond acceptors (Lipinski definition) is 5. The molecular formula is C41H57NO5. The van der Waals surface area contributed by atoms with Gasteiger partial charge in [-0.15, -0.1) is 0 Å². The first kappa shape index (κ1) is 37.7. The second-order valence-corrected chi connectivity index (χ2v) is 12.5. The van der Waals surface area contributed by atoms with E-state index in [0.717, 1.165) is 23.3 Å². The minimum absolute atomic E-state index is 0.180. The van der Waals surface area contributed by atoms with Crippen molar-refractivity contribution in [1.29, 1.82) is 0 Å². The van der Waals surface area contributed by atoms with Gasteiger partial charge < -0.3 is 19.5 Å². The number of hydrogen-bond donors (Lipinski definition) is 1. The second kappa shape index (κ2) is 23.5. The van der Waals surface area contributed by atoms with Crippen LogP contribution in [0.3, 0.4) is 0 Å². The number of rotatable bonds is 25. The number of benzene rings is 3. The minimum Gasteiger partial charge on any atom is -0.494 e. The monoisotopic (exact) mass is 643 g/mol. The van der Waals surface area contributed by atoms with Gasteiger partial charge >= 0.3 is 5.97 Å². The molecule has 0 heterocycles. The smallest absolute Gasteiger partial charge is 0.341 e. The van der Waals surface area contributed by atoms with Gasteiger partial charge in [-0.05, 0) is 47.9 Å². The molecule has 3 aromatic carbocycles. The van der Waals surface area contributed by atoms with Crippen LogP contribution in [0.15, 0.2) is 72.8 Å². The molecule has 0 spiro atoms. The van der Waals surface area contributed by atoms with Crippen LogP contribution in [0.5, 0.6) is 11.5 Å². The van der Waals surface area contributed by atoms with E-state index in [0.29, 0.717) is 24.7 Å². The predicted octanol–water partition coefficient (Wildman–Crippen LogP) is 10.9. The molecule has 3 aromatic rings. The molecule has 1 N–H and O–H groups in total. The molecule has 0 unspecified atom stereocenters. The van der Waals surface area contributed by atoms with Crippen molar-refractivity contribution in [3.8, 4) is 11.5 Å². The lowest BCUT2D eigenvalue weighted by molar-refractivity contribution is -0.115. The number of ether oxygens (including phenoxy) is 3. The highest BCUT2D eigenvalue weighted by molar-refractivity contribution is 5.97. The molecule has 0 aliphatic carbocycles. The van der Waals surface area contributed by atoms with Gasteiger partial charge in [0.1, 0.15) is 23.7 Å². The summed E-state index contributed by atoms with van der Waals surface area (Å²) >= 11 is 0. The van der Waals surface area contributed by atoms with Crippen LogP contribution in [0.1, 0.15) is 131 Å². The van der Waals surface area contributed by atoms with Gasteiger partial charge in [0.2, 0.25) is 5.91 Å². The minimum atomic E-state index is -0.528. The number of amides is 1. The van der Waals surface area contributed by atoms with Gasteiger partial charge in [0, 0.05) is 5.69 Å². The summed E-state index contributed by atoms with van der Waals surface area (Å²) in [5.74, 6) is 0.512. The van der Waals surface area contributed by atoms with E-state index in [1.54, 1.807) is 18.2 Å². The van der Waals surface area contributed by atoms with Crippen molar-refractivity contribution in [2.24, 2.45) is 0 Å². The summed E-state index contributed by atoms with van der Waals surface area (Å²) in [4.78, 5) is 25.2.